The van der Waals surface area contributed by atoms with Crippen LogP contribution >= 0.6 is 0 Å². The molecule has 1 aliphatic carbocycles. The lowest BCUT2D eigenvalue weighted by molar-refractivity contribution is -0.200. The smallest absolute Gasteiger partial charge is 0.310 e. The van der Waals surface area contributed by atoms with Gasteiger partial charge in [0, 0.05) is 18.6 Å². The average molecular weight is 503 g/mol. The van der Waals surface area contributed by atoms with Crippen LogP contribution in [0.5, 0.6) is 0 Å². The van der Waals surface area contributed by atoms with E-state index in [2.05, 4.69) is 41.7 Å². The molecule has 3 heterocycles. The maximum absolute atomic E-state index is 13.6. The van der Waals surface area contributed by atoms with Gasteiger partial charge in [-0.1, -0.05) is 26.7 Å². The number of nitrogens with zero attached hydrogens (tertiary/aromatic N) is 3. The maximum atomic E-state index is 13.6. The van der Waals surface area contributed by atoms with Gasteiger partial charge in [-0.3, -0.25) is 4.99 Å². The van der Waals surface area contributed by atoms with Crippen LogP contribution in [0.25, 0.3) is 0 Å². The number of halogens is 1. The molecule has 9 heteroatoms. The largest absolute Gasteiger partial charge is 0.392 e. The number of aliphatic hydroxyl groups is 2. The number of aliphatic hydroxyl groups excluding tert-OH is 2. The Morgan fingerprint density at radius 1 is 1.28 bits per heavy atom. The van der Waals surface area contributed by atoms with Crippen molar-refractivity contribution in [3.63, 3.8) is 0 Å². The molecule has 1 saturated heterocycles. The molecule has 4 rings (SSSR count). The number of aromatic nitrogens is 2. The molecule has 2 aliphatic heterocycles. The Morgan fingerprint density at radius 2 is 2.00 bits per heavy atom. The van der Waals surface area contributed by atoms with Crippen LogP contribution in [0.1, 0.15) is 71.4 Å². The van der Waals surface area contributed by atoms with E-state index >= 15 is 0 Å². The van der Waals surface area contributed by atoms with E-state index in [0.717, 1.165) is 25.7 Å². The molecule has 0 aromatic carbocycles. The van der Waals surface area contributed by atoms with Crippen LogP contribution in [0.4, 0.5) is 15.9 Å². The van der Waals surface area contributed by atoms with E-state index in [4.69, 9.17) is 21.6 Å². The van der Waals surface area contributed by atoms with Gasteiger partial charge in [-0.2, -0.15) is 9.37 Å². The van der Waals surface area contributed by atoms with Crippen molar-refractivity contribution in [2.45, 2.75) is 96.2 Å². The number of terminal acetylenes is 1. The van der Waals surface area contributed by atoms with Crippen LogP contribution in [-0.2, 0) is 15.9 Å². The summed E-state index contributed by atoms with van der Waals surface area (Å²) in [6.07, 6.45) is 11.0. The number of nitrogens with two attached hydrogens (primary N) is 1. The molecule has 1 aromatic heterocycles. The zero-order valence-corrected chi connectivity index (χ0v) is 21.5. The van der Waals surface area contributed by atoms with Crippen LogP contribution < -0.4 is 5.73 Å². The number of ether oxygens (including phenoxy) is 2. The molecule has 1 saturated carbocycles. The van der Waals surface area contributed by atoms with E-state index in [9.17, 15) is 14.6 Å². The molecule has 0 radical (unpaired) electrons. The van der Waals surface area contributed by atoms with Gasteiger partial charge in [0.2, 0.25) is 0 Å². The third-order valence-corrected chi connectivity index (χ3v) is 8.24. The van der Waals surface area contributed by atoms with Crippen molar-refractivity contribution in [1.29, 1.82) is 0 Å². The Labute approximate surface area is 212 Å². The second-order valence-corrected chi connectivity index (χ2v) is 11.6. The van der Waals surface area contributed by atoms with Gasteiger partial charge in [0.25, 0.3) is 0 Å². The third-order valence-electron chi connectivity index (χ3n) is 8.24. The summed E-state index contributed by atoms with van der Waals surface area (Å²) in [5.74, 6) is 3.31. The first-order chi connectivity index (χ1) is 17.0. The molecule has 1 aromatic rings. The molecule has 8 nitrogen and oxygen atoms in total. The number of rotatable bonds is 6. The molecule has 0 spiro atoms. The number of hydrogen-bond donors (Lipinski definition) is 3. The van der Waals surface area contributed by atoms with Crippen molar-refractivity contribution >= 4 is 17.7 Å². The van der Waals surface area contributed by atoms with Crippen molar-refractivity contribution in [1.82, 2.24) is 9.97 Å². The molecular formula is C27H39FN4O4. The van der Waals surface area contributed by atoms with E-state index in [1.54, 1.807) is 6.21 Å². The quantitative estimate of drug-likeness (QED) is 0.309. The molecule has 2 fully saturated rings. The number of hydrogen-bond acceptors (Lipinski definition) is 8. The normalized spacial score (nSPS) is 33.5. The Kier molecular flexibility index (Phi) is 8.01. The highest BCUT2D eigenvalue weighted by Crippen LogP contribution is 2.43. The standard InChI is InChI=1S/C27H39FN4O4/c1-5-27(15-33)21(35-24(34)17-7-9-18(10-8-17)26(2,3)4)13-19(36-27)12-16-6-11-20-22(30-14-16)23(29)32-25(28)31-20/h1,14,16-19,21,24,33-34H,6-13,15H2,2-4H3,(H2,29,31,32)/t16?,17?,18?,19-,21-,24?,27+/m0/s1. The molecule has 2 unspecified atom stereocenters. The minimum absolute atomic E-state index is 0.0113. The lowest BCUT2D eigenvalue weighted by Gasteiger charge is -2.39. The SMILES string of the molecule is C#C[C@]1(CO)O[C@@H](CC2C=Nc3c(N)nc(F)nc3CC2)C[C@@H]1OC(O)C1CCC(C(C)(C)C)CC1. The van der Waals surface area contributed by atoms with E-state index < -0.39 is 30.7 Å². The molecular weight excluding hydrogens is 463 g/mol. The summed E-state index contributed by atoms with van der Waals surface area (Å²) < 4.78 is 25.9. The predicted octanol–water partition coefficient (Wildman–Crippen LogP) is 3.56. The van der Waals surface area contributed by atoms with Crippen molar-refractivity contribution in [3.05, 3.63) is 11.8 Å². The summed E-state index contributed by atoms with van der Waals surface area (Å²) in [7, 11) is 0. The van der Waals surface area contributed by atoms with Gasteiger partial charge < -0.3 is 25.4 Å². The first-order valence-corrected chi connectivity index (χ1v) is 13.0. The number of anilines is 1. The highest BCUT2D eigenvalue weighted by Gasteiger charge is 2.50. The molecule has 4 N–H and O–H groups in total. The van der Waals surface area contributed by atoms with Crippen molar-refractivity contribution < 1.29 is 24.1 Å². The molecule has 5 atom stereocenters. The first kappa shape index (κ1) is 26.9. The Balaban J connectivity index is 1.38. The fourth-order valence-corrected chi connectivity index (χ4v) is 5.92. The van der Waals surface area contributed by atoms with Crippen molar-refractivity contribution in [2.75, 3.05) is 12.3 Å². The fraction of sp³-hybridized carbons (Fsp3) is 0.741. The molecule has 0 bridgehead atoms. The summed E-state index contributed by atoms with van der Waals surface area (Å²) in [6.45, 7) is 6.40. The molecule has 0 amide bonds. The summed E-state index contributed by atoms with van der Waals surface area (Å²) in [4.78, 5) is 11.8. The molecule has 3 aliphatic rings. The summed E-state index contributed by atoms with van der Waals surface area (Å²) >= 11 is 0. The van der Waals surface area contributed by atoms with Crippen LogP contribution in [-0.4, -0.2) is 57.1 Å². The maximum Gasteiger partial charge on any atom is 0.310 e. The zero-order valence-electron chi connectivity index (χ0n) is 21.5. The van der Waals surface area contributed by atoms with E-state index in [-0.39, 0.29) is 29.2 Å². The lowest BCUT2D eigenvalue weighted by Crippen LogP contribution is -2.46. The second-order valence-electron chi connectivity index (χ2n) is 11.6. The Hall–Kier alpha value is -2.12. The highest BCUT2D eigenvalue weighted by molar-refractivity contribution is 5.73. The van der Waals surface area contributed by atoms with Crippen molar-refractivity contribution in [3.8, 4) is 12.3 Å². The van der Waals surface area contributed by atoms with Crippen LogP contribution in [0.15, 0.2) is 4.99 Å². The molecule has 198 valence electrons. The van der Waals surface area contributed by atoms with Gasteiger partial charge in [0.15, 0.2) is 17.7 Å². The lowest BCUT2D eigenvalue weighted by atomic mass is 9.69. The van der Waals surface area contributed by atoms with Gasteiger partial charge in [-0.05, 0) is 62.2 Å². The predicted molar refractivity (Wildman–Crippen MR) is 135 cm³/mol. The van der Waals surface area contributed by atoms with E-state index in [0.29, 0.717) is 43.0 Å². The second kappa shape index (κ2) is 10.7. The monoisotopic (exact) mass is 502 g/mol. The number of fused-ring (bicyclic) bond motifs is 1. The van der Waals surface area contributed by atoms with Crippen LogP contribution in [0, 0.1) is 41.6 Å². The number of aliphatic imine (C=N–C) groups is 1. The highest BCUT2D eigenvalue weighted by atomic mass is 19.1. The van der Waals surface area contributed by atoms with Gasteiger partial charge in [0.05, 0.1) is 18.4 Å². The van der Waals surface area contributed by atoms with Gasteiger partial charge in [-0.15, -0.1) is 6.42 Å². The van der Waals surface area contributed by atoms with Crippen molar-refractivity contribution in [2.24, 2.45) is 28.2 Å². The fourth-order valence-electron chi connectivity index (χ4n) is 5.92. The van der Waals surface area contributed by atoms with Gasteiger partial charge in [0.1, 0.15) is 11.8 Å². The Morgan fingerprint density at radius 3 is 2.64 bits per heavy atom. The topological polar surface area (TPSA) is 123 Å². The minimum Gasteiger partial charge on any atom is -0.392 e. The number of nitrogen functional groups attached to an aromatic ring is 1. The summed E-state index contributed by atoms with van der Waals surface area (Å²) in [5.41, 5.74) is 5.68. The summed E-state index contributed by atoms with van der Waals surface area (Å²) in [5, 5.41) is 21.1. The molecule has 36 heavy (non-hydrogen) atoms. The van der Waals surface area contributed by atoms with Crippen LogP contribution in [0.3, 0.4) is 0 Å². The number of aryl methyl sites for hydroxylation is 1. The van der Waals surface area contributed by atoms with E-state index in [1.807, 2.05) is 0 Å². The van der Waals surface area contributed by atoms with Gasteiger partial charge >= 0.3 is 6.08 Å². The average Bonchev–Trinajstić information content (AvgIpc) is 3.04. The first-order valence-electron chi connectivity index (χ1n) is 13.0. The van der Waals surface area contributed by atoms with Gasteiger partial charge in [-0.25, -0.2) is 4.98 Å². The van der Waals surface area contributed by atoms with E-state index in [1.165, 1.54) is 0 Å². The minimum atomic E-state index is -1.31. The zero-order chi connectivity index (χ0) is 26.1. The van der Waals surface area contributed by atoms with Crippen LogP contribution in [0.2, 0.25) is 0 Å². The third kappa shape index (κ3) is 5.72. The summed E-state index contributed by atoms with van der Waals surface area (Å²) in [6, 6.07) is 0. The Bertz CT molecular complexity index is 999.